The van der Waals surface area contributed by atoms with Crippen LogP contribution in [0.2, 0.25) is 0 Å². The van der Waals surface area contributed by atoms with Crippen LogP contribution in [0.5, 0.6) is 0 Å². The SMILES string of the molecule is NC1=Nc2ccccc2NC=C1C(=O)[C@@H]1O[C@H](CO)[C@@H](O)[C@H]1O. The van der Waals surface area contributed by atoms with Gasteiger partial charge in [-0.15, -0.1) is 0 Å². The number of carbonyl (C=O) groups is 1. The van der Waals surface area contributed by atoms with Crippen molar-refractivity contribution in [1.82, 2.24) is 0 Å². The number of fused-ring (bicyclic) bond motifs is 1. The van der Waals surface area contributed by atoms with E-state index >= 15 is 0 Å². The van der Waals surface area contributed by atoms with Crippen molar-refractivity contribution in [3.63, 3.8) is 0 Å². The molecule has 0 aliphatic carbocycles. The Balaban J connectivity index is 1.88. The first kappa shape index (κ1) is 15.6. The van der Waals surface area contributed by atoms with Crippen LogP contribution < -0.4 is 11.1 Å². The average Bonchev–Trinajstić information content (AvgIpc) is 2.73. The van der Waals surface area contributed by atoms with Crippen molar-refractivity contribution in [3.8, 4) is 0 Å². The van der Waals surface area contributed by atoms with Crippen LogP contribution in [0.4, 0.5) is 11.4 Å². The Morgan fingerprint density at radius 1 is 1.30 bits per heavy atom. The molecular weight excluding hydrogens is 302 g/mol. The topological polar surface area (TPSA) is 137 Å². The van der Waals surface area contributed by atoms with Crippen molar-refractivity contribution in [2.24, 2.45) is 10.7 Å². The van der Waals surface area contributed by atoms with Gasteiger partial charge in [0.25, 0.3) is 0 Å². The third-order valence-electron chi connectivity index (χ3n) is 3.86. The summed E-state index contributed by atoms with van der Waals surface area (Å²) in [5.41, 5.74) is 7.17. The number of carbonyl (C=O) groups excluding carboxylic acids is 1. The highest BCUT2D eigenvalue weighted by molar-refractivity contribution is 6.23. The lowest BCUT2D eigenvalue weighted by Gasteiger charge is -2.14. The number of nitrogens with two attached hydrogens (primary N) is 1. The minimum absolute atomic E-state index is 0.0230. The number of aliphatic imine (C=N–C) groups is 1. The van der Waals surface area contributed by atoms with Gasteiger partial charge in [-0.1, -0.05) is 12.1 Å². The second-order valence-corrected chi connectivity index (χ2v) is 5.34. The molecule has 0 amide bonds. The monoisotopic (exact) mass is 319 g/mol. The summed E-state index contributed by atoms with van der Waals surface area (Å²) in [6.07, 6.45) is -3.73. The lowest BCUT2D eigenvalue weighted by molar-refractivity contribution is -0.129. The van der Waals surface area contributed by atoms with Crippen LogP contribution >= 0.6 is 0 Å². The molecule has 1 saturated heterocycles. The molecule has 1 fully saturated rings. The summed E-state index contributed by atoms with van der Waals surface area (Å²) in [5.74, 6) is -0.640. The fraction of sp³-hybridized carbons (Fsp3) is 0.333. The molecule has 0 aromatic heterocycles. The van der Waals surface area contributed by atoms with Crippen molar-refractivity contribution in [1.29, 1.82) is 0 Å². The number of amidine groups is 1. The van der Waals surface area contributed by atoms with Gasteiger partial charge < -0.3 is 31.1 Å². The van der Waals surface area contributed by atoms with E-state index in [2.05, 4.69) is 10.3 Å². The average molecular weight is 319 g/mol. The van der Waals surface area contributed by atoms with Crippen molar-refractivity contribution >= 4 is 23.0 Å². The first-order valence-corrected chi connectivity index (χ1v) is 7.10. The van der Waals surface area contributed by atoms with Gasteiger partial charge in [0.15, 0.2) is 5.78 Å². The quantitative estimate of drug-likeness (QED) is 0.483. The molecule has 2 aliphatic heterocycles. The summed E-state index contributed by atoms with van der Waals surface area (Å²) < 4.78 is 5.24. The summed E-state index contributed by atoms with van der Waals surface area (Å²) >= 11 is 0. The lowest BCUT2D eigenvalue weighted by atomic mass is 10.00. The summed E-state index contributed by atoms with van der Waals surface area (Å²) in [5, 5.41) is 31.7. The Labute approximate surface area is 131 Å². The number of nitrogens with zero attached hydrogens (tertiary/aromatic N) is 1. The zero-order chi connectivity index (χ0) is 16.6. The third-order valence-corrected chi connectivity index (χ3v) is 3.86. The number of benzene rings is 1. The fourth-order valence-electron chi connectivity index (χ4n) is 2.57. The maximum atomic E-state index is 12.6. The van der Waals surface area contributed by atoms with E-state index in [1.165, 1.54) is 6.20 Å². The van der Waals surface area contributed by atoms with E-state index in [1.807, 2.05) is 6.07 Å². The lowest BCUT2D eigenvalue weighted by Crippen LogP contribution is -2.39. The van der Waals surface area contributed by atoms with Gasteiger partial charge in [-0.3, -0.25) is 4.79 Å². The van der Waals surface area contributed by atoms with Crippen molar-refractivity contribution < 1.29 is 24.9 Å². The molecule has 8 nitrogen and oxygen atoms in total. The normalized spacial score (nSPS) is 29.9. The van der Waals surface area contributed by atoms with E-state index in [1.54, 1.807) is 18.2 Å². The molecule has 2 heterocycles. The minimum atomic E-state index is -1.45. The zero-order valence-electron chi connectivity index (χ0n) is 12.1. The molecule has 1 aromatic carbocycles. The highest BCUT2D eigenvalue weighted by Crippen LogP contribution is 2.29. The van der Waals surface area contributed by atoms with Gasteiger partial charge in [-0.25, -0.2) is 4.99 Å². The molecule has 4 atom stereocenters. The molecule has 122 valence electrons. The Morgan fingerprint density at radius 2 is 2.04 bits per heavy atom. The van der Waals surface area contributed by atoms with Gasteiger partial charge in [-0.2, -0.15) is 0 Å². The van der Waals surface area contributed by atoms with E-state index in [0.29, 0.717) is 11.4 Å². The molecule has 3 rings (SSSR count). The van der Waals surface area contributed by atoms with Gasteiger partial charge >= 0.3 is 0 Å². The van der Waals surface area contributed by atoms with Gasteiger partial charge in [0, 0.05) is 6.20 Å². The molecule has 0 spiro atoms. The van der Waals surface area contributed by atoms with E-state index in [4.69, 9.17) is 15.6 Å². The number of rotatable bonds is 3. The first-order valence-electron chi connectivity index (χ1n) is 7.10. The van der Waals surface area contributed by atoms with Gasteiger partial charge in [-0.05, 0) is 12.1 Å². The van der Waals surface area contributed by atoms with Crippen molar-refractivity contribution in [2.75, 3.05) is 11.9 Å². The Hall–Kier alpha value is -2.26. The van der Waals surface area contributed by atoms with Crippen LogP contribution in [-0.4, -0.2) is 58.0 Å². The summed E-state index contributed by atoms with van der Waals surface area (Å²) in [4.78, 5) is 16.8. The number of anilines is 1. The van der Waals surface area contributed by atoms with Crippen LogP contribution in [0.25, 0.3) is 0 Å². The molecular formula is C15H17N3O5. The maximum absolute atomic E-state index is 12.6. The molecule has 0 radical (unpaired) electrons. The molecule has 23 heavy (non-hydrogen) atoms. The second-order valence-electron chi connectivity index (χ2n) is 5.34. The van der Waals surface area contributed by atoms with E-state index < -0.39 is 36.8 Å². The molecule has 8 heteroatoms. The predicted octanol–water partition coefficient (Wildman–Crippen LogP) is -0.965. The van der Waals surface area contributed by atoms with Crippen molar-refractivity contribution in [2.45, 2.75) is 24.4 Å². The molecule has 1 aromatic rings. The van der Waals surface area contributed by atoms with E-state index in [-0.39, 0.29) is 11.4 Å². The number of ether oxygens (including phenoxy) is 1. The summed E-state index contributed by atoms with van der Waals surface area (Å²) in [6.45, 7) is -0.506. The molecule has 6 N–H and O–H groups in total. The Bertz CT molecular complexity index is 687. The van der Waals surface area contributed by atoms with Gasteiger partial charge in [0.1, 0.15) is 30.3 Å². The number of hydrogen-bond donors (Lipinski definition) is 5. The number of hydrogen-bond acceptors (Lipinski definition) is 8. The summed E-state index contributed by atoms with van der Waals surface area (Å²) in [6, 6.07) is 7.12. The smallest absolute Gasteiger partial charge is 0.199 e. The predicted molar refractivity (Wildman–Crippen MR) is 82.2 cm³/mol. The highest BCUT2D eigenvalue weighted by atomic mass is 16.6. The first-order chi connectivity index (χ1) is 11.0. The summed E-state index contributed by atoms with van der Waals surface area (Å²) in [7, 11) is 0. The number of aliphatic hydroxyl groups excluding tert-OH is 3. The molecule has 0 bridgehead atoms. The van der Waals surface area contributed by atoms with E-state index in [9.17, 15) is 15.0 Å². The maximum Gasteiger partial charge on any atom is 0.199 e. The number of nitrogens with one attached hydrogen (secondary N) is 1. The van der Waals surface area contributed by atoms with E-state index in [0.717, 1.165) is 0 Å². The van der Waals surface area contributed by atoms with Crippen molar-refractivity contribution in [3.05, 3.63) is 36.0 Å². The number of aliphatic hydroxyl groups is 3. The Morgan fingerprint density at radius 3 is 2.74 bits per heavy atom. The molecule has 0 unspecified atom stereocenters. The highest BCUT2D eigenvalue weighted by Gasteiger charge is 2.47. The van der Waals surface area contributed by atoms with Crippen LogP contribution in [0.1, 0.15) is 0 Å². The van der Waals surface area contributed by atoms with Crippen LogP contribution in [-0.2, 0) is 9.53 Å². The number of ketones is 1. The van der Waals surface area contributed by atoms with Crippen LogP contribution in [0, 0.1) is 0 Å². The number of para-hydroxylation sites is 2. The minimum Gasteiger partial charge on any atom is -0.394 e. The van der Waals surface area contributed by atoms with Gasteiger partial charge in [0.05, 0.1) is 23.6 Å². The fourth-order valence-corrected chi connectivity index (χ4v) is 2.57. The molecule has 0 saturated carbocycles. The standard InChI is InChI=1S/C15H17N3O5/c16-15-7(5-17-8-3-1-2-4-9(8)18-15)11(20)14-13(22)12(21)10(6-19)23-14/h1-5,10,12-14,17,19,21-22H,6H2,(H2,16,18)/t10-,12-,13-,14+/m1/s1. The largest absolute Gasteiger partial charge is 0.394 e. The third kappa shape index (κ3) is 2.73. The zero-order valence-corrected chi connectivity index (χ0v) is 12.1. The van der Waals surface area contributed by atoms with Crippen LogP contribution in [0.15, 0.2) is 41.0 Å². The van der Waals surface area contributed by atoms with Crippen LogP contribution in [0.3, 0.4) is 0 Å². The van der Waals surface area contributed by atoms with Gasteiger partial charge in [0.2, 0.25) is 0 Å². The second kappa shape index (κ2) is 6.09. The number of Topliss-reactive ketones (excluding diaryl/α,β-unsaturated/α-hetero) is 1. The molecule has 2 aliphatic rings. The Kier molecular flexibility index (Phi) is 4.14.